The zero-order chi connectivity index (χ0) is 26.5. The molecule has 9 heteroatoms. The predicted molar refractivity (Wildman–Crippen MR) is 153 cm³/mol. The fourth-order valence-electron chi connectivity index (χ4n) is 4.97. The van der Waals surface area contributed by atoms with Gasteiger partial charge in [-0.25, -0.2) is 0 Å². The minimum Gasteiger partial charge on any atom is -0.390 e. The van der Waals surface area contributed by atoms with Crippen molar-refractivity contribution in [1.82, 2.24) is 10.6 Å². The minimum absolute atomic E-state index is 0.120. The Morgan fingerprint density at radius 2 is 1.86 bits per heavy atom. The van der Waals surface area contributed by atoms with Crippen LogP contribution in [-0.4, -0.2) is 63.2 Å². The Morgan fingerprint density at radius 3 is 2.51 bits per heavy atom. The standard InChI is InChI=1S/C28H42N4O4S/c1-3-28(12-13-28)30-20-26(33)25(16-21-10-6-5-7-11-21)31-27(34)22-17-23(29-4-2)19-24(18-22)32-14-8-9-15-37(32,35)36/h5-7,10-11,17-19,25-26,29-30,33,35-36H,3-4,8-9,12-16,20H2,1-2H3,(H,31,34). The van der Waals surface area contributed by atoms with Crippen LogP contribution in [0.15, 0.2) is 48.5 Å². The molecule has 0 spiro atoms. The van der Waals surface area contributed by atoms with Crippen LogP contribution in [0.5, 0.6) is 0 Å². The summed E-state index contributed by atoms with van der Waals surface area (Å²) in [6, 6.07) is 14.7. The Balaban J connectivity index is 1.56. The van der Waals surface area contributed by atoms with E-state index in [9.17, 15) is 19.0 Å². The first-order chi connectivity index (χ1) is 17.7. The number of hydrogen-bond donors (Lipinski definition) is 6. The van der Waals surface area contributed by atoms with Gasteiger partial charge in [-0.1, -0.05) is 37.3 Å². The molecule has 2 aliphatic rings. The van der Waals surface area contributed by atoms with E-state index in [1.165, 1.54) is 0 Å². The molecule has 0 bridgehead atoms. The number of rotatable bonds is 12. The lowest BCUT2D eigenvalue weighted by Crippen LogP contribution is -2.50. The van der Waals surface area contributed by atoms with Gasteiger partial charge in [0.15, 0.2) is 0 Å². The van der Waals surface area contributed by atoms with Crippen molar-refractivity contribution in [2.24, 2.45) is 0 Å². The SMILES string of the molecule is CCNc1cc(C(=O)NC(Cc2ccccc2)C(O)CNC2(CC)CC2)cc(N2CCCCS2(O)O)c1. The lowest BCUT2D eigenvalue weighted by atomic mass is 9.99. The number of amides is 1. The highest BCUT2D eigenvalue weighted by molar-refractivity contribution is 8.25. The van der Waals surface area contributed by atoms with E-state index in [2.05, 4.69) is 22.9 Å². The second-order valence-corrected chi connectivity index (χ2v) is 12.4. The largest absolute Gasteiger partial charge is 0.390 e. The van der Waals surface area contributed by atoms with Gasteiger partial charge in [0, 0.05) is 36.4 Å². The maximum atomic E-state index is 13.6. The second kappa shape index (κ2) is 12.0. The van der Waals surface area contributed by atoms with Crippen molar-refractivity contribution in [2.75, 3.05) is 35.0 Å². The number of β-amino-alcohol motifs (C(OH)–C–C–N with tert-alkyl or cyclic N) is 1. The molecule has 2 aromatic carbocycles. The Bertz CT molecular complexity index is 1050. The fourth-order valence-corrected chi connectivity index (χ4v) is 6.65. The van der Waals surface area contributed by atoms with Gasteiger partial charge in [-0.2, -0.15) is 0 Å². The number of nitrogens with zero attached hydrogens (tertiary/aromatic N) is 1. The van der Waals surface area contributed by atoms with Gasteiger partial charge >= 0.3 is 0 Å². The molecule has 1 saturated carbocycles. The highest BCUT2D eigenvalue weighted by atomic mass is 32.3. The van der Waals surface area contributed by atoms with Crippen LogP contribution in [0.25, 0.3) is 0 Å². The summed E-state index contributed by atoms with van der Waals surface area (Å²) >= 11 is 0. The third-order valence-electron chi connectivity index (χ3n) is 7.53. The first-order valence-electron chi connectivity index (χ1n) is 13.5. The van der Waals surface area contributed by atoms with Gasteiger partial charge in [0.25, 0.3) is 5.91 Å². The lowest BCUT2D eigenvalue weighted by Gasteiger charge is -2.47. The molecule has 37 heavy (non-hydrogen) atoms. The number of hydrogen-bond acceptors (Lipinski definition) is 7. The third-order valence-corrected chi connectivity index (χ3v) is 9.46. The molecular weight excluding hydrogens is 488 g/mol. The predicted octanol–water partition coefficient (Wildman–Crippen LogP) is 4.62. The number of anilines is 2. The van der Waals surface area contributed by atoms with E-state index in [-0.39, 0.29) is 11.4 Å². The van der Waals surface area contributed by atoms with Crippen molar-refractivity contribution in [3.8, 4) is 0 Å². The molecular formula is C28H42N4O4S. The number of carbonyl (C=O) groups excluding carboxylic acids is 1. The molecule has 6 N–H and O–H groups in total. The molecule has 1 aliphatic heterocycles. The van der Waals surface area contributed by atoms with Crippen LogP contribution < -0.4 is 20.3 Å². The van der Waals surface area contributed by atoms with Gasteiger partial charge in [-0.15, -0.1) is 10.8 Å². The average molecular weight is 531 g/mol. The van der Waals surface area contributed by atoms with Crippen molar-refractivity contribution < 1.29 is 19.0 Å². The molecule has 1 heterocycles. The van der Waals surface area contributed by atoms with E-state index in [1.807, 2.05) is 43.3 Å². The lowest BCUT2D eigenvalue weighted by molar-refractivity contribution is 0.0822. The summed E-state index contributed by atoms with van der Waals surface area (Å²) in [5, 5.41) is 21.0. The van der Waals surface area contributed by atoms with Gasteiger partial charge in [-0.3, -0.25) is 18.2 Å². The molecule has 0 aromatic heterocycles. The molecule has 2 unspecified atom stereocenters. The molecule has 0 radical (unpaired) electrons. The summed E-state index contributed by atoms with van der Waals surface area (Å²) in [6.07, 6.45) is 4.61. The maximum absolute atomic E-state index is 13.6. The zero-order valence-electron chi connectivity index (χ0n) is 21.9. The van der Waals surface area contributed by atoms with Crippen LogP contribution >= 0.6 is 10.8 Å². The number of carbonyl (C=O) groups is 1. The summed E-state index contributed by atoms with van der Waals surface area (Å²) < 4.78 is 23.0. The summed E-state index contributed by atoms with van der Waals surface area (Å²) in [7, 11) is -2.92. The van der Waals surface area contributed by atoms with Crippen LogP contribution in [0.4, 0.5) is 11.4 Å². The topological polar surface area (TPSA) is 117 Å². The molecule has 2 fully saturated rings. The van der Waals surface area contributed by atoms with Crippen LogP contribution in [0.3, 0.4) is 0 Å². The smallest absolute Gasteiger partial charge is 0.251 e. The first kappa shape index (κ1) is 27.7. The highest BCUT2D eigenvalue weighted by Crippen LogP contribution is 2.50. The fraction of sp³-hybridized carbons (Fsp3) is 0.536. The molecule has 4 rings (SSSR count). The van der Waals surface area contributed by atoms with Crippen LogP contribution in [0, 0.1) is 0 Å². The van der Waals surface area contributed by atoms with Crippen LogP contribution in [0.1, 0.15) is 61.9 Å². The summed E-state index contributed by atoms with van der Waals surface area (Å²) in [6.45, 7) is 5.73. The van der Waals surface area contributed by atoms with Gasteiger partial charge in [0.05, 0.1) is 23.6 Å². The van der Waals surface area contributed by atoms with Crippen molar-refractivity contribution in [3.05, 3.63) is 59.7 Å². The first-order valence-corrected chi connectivity index (χ1v) is 15.1. The Kier molecular flexibility index (Phi) is 9.03. The molecule has 2 atom stereocenters. The monoisotopic (exact) mass is 530 g/mol. The quantitative estimate of drug-likeness (QED) is 0.237. The van der Waals surface area contributed by atoms with Crippen molar-refractivity contribution >= 4 is 28.1 Å². The number of nitrogens with one attached hydrogen (secondary N) is 3. The second-order valence-electron chi connectivity index (χ2n) is 10.3. The van der Waals surface area contributed by atoms with Gasteiger partial charge in [-0.05, 0) is 69.2 Å². The third kappa shape index (κ3) is 7.18. The molecule has 8 nitrogen and oxygen atoms in total. The molecule has 1 saturated heterocycles. The van der Waals surface area contributed by atoms with E-state index in [0.29, 0.717) is 43.1 Å². The zero-order valence-corrected chi connectivity index (χ0v) is 22.8. The molecule has 1 aliphatic carbocycles. The van der Waals surface area contributed by atoms with Gasteiger partial charge < -0.3 is 21.1 Å². The summed E-state index contributed by atoms with van der Waals surface area (Å²) in [4.78, 5) is 13.6. The number of benzene rings is 2. The van der Waals surface area contributed by atoms with E-state index in [1.54, 1.807) is 16.4 Å². The summed E-state index contributed by atoms with van der Waals surface area (Å²) in [5.41, 5.74) is 2.93. The van der Waals surface area contributed by atoms with Crippen molar-refractivity contribution in [3.63, 3.8) is 0 Å². The van der Waals surface area contributed by atoms with E-state index in [0.717, 1.165) is 43.4 Å². The van der Waals surface area contributed by atoms with Crippen LogP contribution in [0.2, 0.25) is 0 Å². The maximum Gasteiger partial charge on any atom is 0.251 e. The van der Waals surface area contributed by atoms with E-state index in [4.69, 9.17) is 0 Å². The van der Waals surface area contributed by atoms with Gasteiger partial charge in [0.2, 0.25) is 0 Å². The van der Waals surface area contributed by atoms with E-state index < -0.39 is 22.9 Å². The molecule has 204 valence electrons. The Hall–Kier alpha value is -2.30. The van der Waals surface area contributed by atoms with Crippen molar-refractivity contribution in [2.45, 2.75) is 70.1 Å². The van der Waals surface area contributed by atoms with Crippen molar-refractivity contribution in [1.29, 1.82) is 0 Å². The van der Waals surface area contributed by atoms with Crippen LogP contribution in [-0.2, 0) is 6.42 Å². The summed E-state index contributed by atoms with van der Waals surface area (Å²) in [5.74, 6) is 0.0310. The van der Waals surface area contributed by atoms with E-state index >= 15 is 0 Å². The number of aliphatic hydroxyl groups excluding tert-OH is 1. The molecule has 2 aromatic rings. The highest BCUT2D eigenvalue weighted by Gasteiger charge is 2.40. The average Bonchev–Trinajstić information content (AvgIpc) is 3.67. The number of aliphatic hydroxyl groups is 1. The Morgan fingerprint density at radius 1 is 1.11 bits per heavy atom. The molecule has 1 amide bonds. The normalized spacial score (nSPS) is 20.5. The van der Waals surface area contributed by atoms with Gasteiger partial charge in [0.1, 0.15) is 0 Å². The Labute approximate surface area is 222 Å². The minimum atomic E-state index is -2.92.